The van der Waals surface area contributed by atoms with Crippen LogP contribution in [0.4, 0.5) is 11.4 Å². The van der Waals surface area contributed by atoms with Crippen molar-refractivity contribution in [2.45, 2.75) is 32.4 Å². The van der Waals surface area contributed by atoms with Crippen molar-refractivity contribution in [3.05, 3.63) is 68.7 Å². The number of hydrogen-bond donors (Lipinski definition) is 0. The van der Waals surface area contributed by atoms with Gasteiger partial charge in [0.15, 0.2) is 6.10 Å². The molecule has 3 rings (SSSR count). The van der Waals surface area contributed by atoms with E-state index in [-0.39, 0.29) is 28.2 Å². The topological polar surface area (TPSA) is 89.7 Å². The molecule has 0 fully saturated rings. The van der Waals surface area contributed by atoms with Crippen molar-refractivity contribution in [1.29, 1.82) is 0 Å². The number of amides is 1. The molecule has 0 saturated heterocycles. The van der Waals surface area contributed by atoms with Crippen LogP contribution < -0.4 is 4.90 Å². The maximum absolute atomic E-state index is 12.9. The highest BCUT2D eigenvalue weighted by Gasteiger charge is 2.34. The lowest BCUT2D eigenvalue weighted by Gasteiger charge is -2.26. The molecule has 0 spiro atoms. The average Bonchev–Trinajstić information content (AvgIpc) is 2.96. The fourth-order valence-corrected chi connectivity index (χ4v) is 3.35. The Morgan fingerprint density at radius 2 is 2.00 bits per heavy atom. The van der Waals surface area contributed by atoms with Crippen LogP contribution in [-0.2, 0) is 16.0 Å². The van der Waals surface area contributed by atoms with E-state index < -0.39 is 17.0 Å². The van der Waals surface area contributed by atoms with E-state index in [1.54, 1.807) is 4.90 Å². The summed E-state index contributed by atoms with van der Waals surface area (Å²) in [5.41, 5.74) is 1.41. The number of carbonyl (C=O) groups is 2. The quantitative estimate of drug-likeness (QED) is 0.451. The van der Waals surface area contributed by atoms with Crippen LogP contribution in [0.2, 0.25) is 5.02 Å². The molecule has 2 aromatic carbocycles. The Bertz CT molecular complexity index is 930. The molecule has 0 aliphatic carbocycles. The summed E-state index contributed by atoms with van der Waals surface area (Å²) < 4.78 is 5.25. The molecule has 8 heteroatoms. The van der Waals surface area contributed by atoms with Gasteiger partial charge < -0.3 is 9.64 Å². The van der Waals surface area contributed by atoms with Crippen molar-refractivity contribution in [3.8, 4) is 0 Å². The fourth-order valence-electron chi connectivity index (χ4n) is 3.15. The van der Waals surface area contributed by atoms with Crippen LogP contribution in [0.25, 0.3) is 0 Å². The van der Waals surface area contributed by atoms with E-state index in [0.29, 0.717) is 0 Å². The minimum atomic E-state index is -1.07. The van der Waals surface area contributed by atoms with Crippen molar-refractivity contribution in [3.63, 3.8) is 0 Å². The van der Waals surface area contributed by atoms with Crippen molar-refractivity contribution >= 4 is 34.9 Å². The zero-order valence-corrected chi connectivity index (χ0v) is 15.5. The molecule has 1 heterocycles. The molecule has 0 bridgehead atoms. The van der Waals surface area contributed by atoms with Gasteiger partial charge in [0.1, 0.15) is 0 Å². The van der Waals surface area contributed by atoms with E-state index in [0.717, 1.165) is 23.7 Å². The third-order valence-electron chi connectivity index (χ3n) is 4.46. The van der Waals surface area contributed by atoms with E-state index in [9.17, 15) is 19.7 Å². The van der Waals surface area contributed by atoms with Crippen LogP contribution in [0.5, 0.6) is 0 Å². The van der Waals surface area contributed by atoms with Crippen LogP contribution in [0.3, 0.4) is 0 Å². The van der Waals surface area contributed by atoms with Gasteiger partial charge in [0.05, 0.1) is 15.5 Å². The zero-order valence-electron chi connectivity index (χ0n) is 14.7. The Kier molecular flexibility index (Phi) is 5.14. The molecule has 2 aromatic rings. The van der Waals surface area contributed by atoms with Gasteiger partial charge in [-0.15, -0.1) is 0 Å². The number of nitrogens with zero attached hydrogens (tertiary/aromatic N) is 2. The number of ether oxygens (including phenoxy) is 1. The number of para-hydroxylation sites is 1. The molecule has 0 N–H and O–H groups in total. The Hall–Kier alpha value is -2.93. The molecule has 0 aromatic heterocycles. The molecule has 0 unspecified atom stereocenters. The molecule has 1 aliphatic rings. The van der Waals surface area contributed by atoms with Gasteiger partial charge in [-0.1, -0.05) is 29.8 Å². The predicted molar refractivity (Wildman–Crippen MR) is 100 cm³/mol. The van der Waals surface area contributed by atoms with E-state index in [2.05, 4.69) is 0 Å². The van der Waals surface area contributed by atoms with Crippen LogP contribution in [0, 0.1) is 10.1 Å². The number of halogens is 1. The molecule has 27 heavy (non-hydrogen) atoms. The number of esters is 1. The summed E-state index contributed by atoms with van der Waals surface area (Å²) in [6.45, 7) is 3.39. The number of benzene rings is 2. The van der Waals surface area contributed by atoms with Gasteiger partial charge >= 0.3 is 5.97 Å². The van der Waals surface area contributed by atoms with Gasteiger partial charge in [0, 0.05) is 23.9 Å². The second-order valence-corrected chi connectivity index (χ2v) is 6.77. The molecule has 140 valence electrons. The molecular weight excluding hydrogens is 372 g/mol. The fraction of sp³-hybridized carbons (Fsp3) is 0.263. The first-order valence-electron chi connectivity index (χ1n) is 8.35. The number of fused-ring (bicyclic) bond motifs is 1. The molecule has 1 amide bonds. The summed E-state index contributed by atoms with van der Waals surface area (Å²) in [5, 5.41) is 10.9. The largest absolute Gasteiger partial charge is 0.449 e. The van der Waals surface area contributed by atoms with Gasteiger partial charge in [-0.3, -0.25) is 14.9 Å². The van der Waals surface area contributed by atoms with Gasteiger partial charge in [0.2, 0.25) is 0 Å². The Labute approximate surface area is 160 Å². The number of nitro groups is 1. The summed E-state index contributed by atoms with van der Waals surface area (Å²) in [4.78, 5) is 37.1. The van der Waals surface area contributed by atoms with Gasteiger partial charge in [-0.05, 0) is 38.0 Å². The SMILES string of the molecule is C[C@H](OC(=O)c1cc([N+](=O)[O-])ccc1Cl)C(=O)N1c2ccccc2C[C@H]1C. The second-order valence-electron chi connectivity index (χ2n) is 6.36. The standard InChI is InChI=1S/C19H17ClN2O5/c1-11-9-13-5-3-4-6-17(13)21(11)18(23)12(2)27-19(24)15-10-14(22(25)26)7-8-16(15)20/h3-8,10-12H,9H2,1-2H3/t11-,12+/m1/s1. The summed E-state index contributed by atoms with van der Waals surface area (Å²) in [5.74, 6) is -1.24. The monoisotopic (exact) mass is 388 g/mol. The second kappa shape index (κ2) is 7.36. The van der Waals surface area contributed by atoms with Gasteiger partial charge in [-0.25, -0.2) is 4.79 Å². The Balaban J connectivity index is 1.78. The lowest BCUT2D eigenvalue weighted by Crippen LogP contribution is -2.43. The van der Waals surface area contributed by atoms with E-state index in [4.69, 9.17) is 16.3 Å². The number of anilines is 1. The molecule has 2 atom stereocenters. The first-order chi connectivity index (χ1) is 12.8. The minimum absolute atomic E-state index is 0.0186. The lowest BCUT2D eigenvalue weighted by molar-refractivity contribution is -0.384. The maximum Gasteiger partial charge on any atom is 0.340 e. The van der Waals surface area contributed by atoms with Crippen LogP contribution >= 0.6 is 11.6 Å². The first-order valence-corrected chi connectivity index (χ1v) is 8.73. The third kappa shape index (κ3) is 3.64. The highest BCUT2D eigenvalue weighted by atomic mass is 35.5. The number of nitro benzene ring substituents is 1. The number of rotatable bonds is 4. The Morgan fingerprint density at radius 3 is 2.70 bits per heavy atom. The maximum atomic E-state index is 12.9. The van der Waals surface area contributed by atoms with Crippen LogP contribution in [0.15, 0.2) is 42.5 Å². The van der Waals surface area contributed by atoms with Crippen LogP contribution in [-0.4, -0.2) is 28.9 Å². The van der Waals surface area contributed by atoms with Gasteiger partial charge in [-0.2, -0.15) is 0 Å². The van der Waals surface area contributed by atoms with E-state index in [1.165, 1.54) is 19.1 Å². The molecule has 0 saturated carbocycles. The Morgan fingerprint density at radius 1 is 1.30 bits per heavy atom. The summed E-state index contributed by atoms with van der Waals surface area (Å²) >= 11 is 5.96. The molecule has 7 nitrogen and oxygen atoms in total. The summed E-state index contributed by atoms with van der Waals surface area (Å²) in [7, 11) is 0. The zero-order chi connectivity index (χ0) is 19.7. The van der Waals surface area contributed by atoms with Crippen LogP contribution in [0.1, 0.15) is 29.8 Å². The summed E-state index contributed by atoms with van der Waals surface area (Å²) in [6, 6.07) is 11.0. The lowest BCUT2D eigenvalue weighted by atomic mass is 10.1. The normalized spacial score (nSPS) is 16.6. The number of non-ortho nitro benzene ring substituents is 1. The van der Waals surface area contributed by atoms with Gasteiger partial charge in [0.25, 0.3) is 11.6 Å². The highest BCUT2D eigenvalue weighted by molar-refractivity contribution is 6.33. The third-order valence-corrected chi connectivity index (χ3v) is 4.79. The van der Waals surface area contributed by atoms with E-state index >= 15 is 0 Å². The molecular formula is C19H17ClN2O5. The number of hydrogen-bond acceptors (Lipinski definition) is 5. The van der Waals surface area contributed by atoms with Crippen molar-refractivity contribution in [1.82, 2.24) is 0 Å². The molecule has 0 radical (unpaired) electrons. The smallest absolute Gasteiger partial charge is 0.340 e. The average molecular weight is 389 g/mol. The summed E-state index contributed by atoms with van der Waals surface area (Å²) in [6.07, 6.45) is -0.347. The highest BCUT2D eigenvalue weighted by Crippen LogP contribution is 2.32. The van der Waals surface area contributed by atoms with Crippen molar-refractivity contribution < 1.29 is 19.2 Å². The van der Waals surface area contributed by atoms with Crippen molar-refractivity contribution in [2.24, 2.45) is 0 Å². The van der Waals surface area contributed by atoms with Crippen molar-refractivity contribution in [2.75, 3.05) is 4.90 Å². The van der Waals surface area contributed by atoms with E-state index in [1.807, 2.05) is 31.2 Å². The number of carbonyl (C=O) groups excluding carboxylic acids is 2. The molecule has 1 aliphatic heterocycles. The first kappa shape index (κ1) is 18.8. The minimum Gasteiger partial charge on any atom is -0.449 e. The predicted octanol–water partition coefficient (Wildman–Crippen LogP) is 3.77.